The average Bonchev–Trinajstić information content (AvgIpc) is 2.96. The molecule has 7 heteroatoms. The lowest BCUT2D eigenvalue weighted by Gasteiger charge is -2.07. The second-order valence-electron chi connectivity index (χ2n) is 6.02. The molecule has 0 saturated heterocycles. The number of carbonyl (C=O) groups is 2. The summed E-state index contributed by atoms with van der Waals surface area (Å²) in [4.78, 5) is 26.1. The second-order valence-corrected chi connectivity index (χ2v) is 7.12. The molecule has 2 heterocycles. The van der Waals surface area contributed by atoms with Crippen molar-refractivity contribution in [2.24, 2.45) is 7.05 Å². The van der Waals surface area contributed by atoms with E-state index in [1.165, 1.54) is 29.7 Å². The van der Waals surface area contributed by atoms with E-state index in [0.29, 0.717) is 21.8 Å². The molecule has 6 nitrogen and oxygen atoms in total. The van der Waals surface area contributed by atoms with Crippen LogP contribution >= 0.6 is 11.3 Å². The largest absolute Gasteiger partial charge is 0.465 e. The number of hydrogen-bond acceptors (Lipinski definition) is 5. The van der Waals surface area contributed by atoms with Gasteiger partial charge in [-0.3, -0.25) is 9.48 Å². The molecule has 0 aliphatic heterocycles. The normalized spacial score (nSPS) is 14.0. The molecule has 0 fully saturated rings. The van der Waals surface area contributed by atoms with Crippen molar-refractivity contribution in [2.45, 2.75) is 39.0 Å². The fraction of sp³-hybridized carbons (Fsp3) is 0.471. The molecular formula is C17H21N3O3S. The van der Waals surface area contributed by atoms with Gasteiger partial charge in [-0.2, -0.15) is 5.10 Å². The smallest absolute Gasteiger partial charge is 0.341 e. The number of nitrogens with one attached hydrogen (secondary N) is 1. The number of nitrogens with zero attached hydrogens (tertiary/aromatic N) is 2. The van der Waals surface area contributed by atoms with Crippen LogP contribution in [0.15, 0.2) is 6.20 Å². The number of methoxy groups -OCH3 is 1. The van der Waals surface area contributed by atoms with Crippen molar-refractivity contribution in [1.29, 1.82) is 0 Å². The maximum absolute atomic E-state index is 12.6. The van der Waals surface area contributed by atoms with Gasteiger partial charge in [-0.1, -0.05) is 6.42 Å². The van der Waals surface area contributed by atoms with Gasteiger partial charge in [0.15, 0.2) is 0 Å². The number of esters is 1. The molecule has 0 aromatic carbocycles. The summed E-state index contributed by atoms with van der Waals surface area (Å²) < 4.78 is 6.56. The van der Waals surface area contributed by atoms with Crippen LogP contribution < -0.4 is 5.32 Å². The molecule has 0 bridgehead atoms. The molecule has 128 valence electrons. The van der Waals surface area contributed by atoms with Gasteiger partial charge < -0.3 is 10.1 Å². The number of anilines is 1. The molecular weight excluding hydrogens is 326 g/mol. The third-order valence-electron chi connectivity index (χ3n) is 4.30. The highest BCUT2D eigenvalue weighted by molar-refractivity contribution is 7.17. The Morgan fingerprint density at radius 2 is 2.04 bits per heavy atom. The zero-order chi connectivity index (χ0) is 17.3. The molecule has 0 radical (unpaired) electrons. The summed E-state index contributed by atoms with van der Waals surface area (Å²) in [6.07, 6.45) is 6.83. The first kappa shape index (κ1) is 16.7. The maximum atomic E-state index is 12.6. The SMILES string of the molecule is COC(=O)c1c(NC(=O)c2cn(C)nc2C)sc2c1CCCCC2. The first-order valence-corrected chi connectivity index (χ1v) is 8.87. The van der Waals surface area contributed by atoms with E-state index in [9.17, 15) is 9.59 Å². The van der Waals surface area contributed by atoms with E-state index in [2.05, 4.69) is 10.4 Å². The number of rotatable bonds is 3. The third kappa shape index (κ3) is 3.08. The van der Waals surface area contributed by atoms with E-state index in [1.807, 2.05) is 0 Å². The van der Waals surface area contributed by atoms with Crippen LogP contribution in [-0.2, 0) is 24.6 Å². The van der Waals surface area contributed by atoms with E-state index in [4.69, 9.17) is 4.74 Å². The molecule has 24 heavy (non-hydrogen) atoms. The van der Waals surface area contributed by atoms with Gasteiger partial charge in [0.25, 0.3) is 5.91 Å². The van der Waals surface area contributed by atoms with Crippen LogP contribution in [0.3, 0.4) is 0 Å². The molecule has 0 spiro atoms. The van der Waals surface area contributed by atoms with Gasteiger partial charge in [0.05, 0.1) is 23.9 Å². The summed E-state index contributed by atoms with van der Waals surface area (Å²) in [7, 11) is 3.15. The Hall–Kier alpha value is -2.15. The highest BCUT2D eigenvalue weighted by Crippen LogP contribution is 2.38. The number of hydrogen-bond donors (Lipinski definition) is 1. The predicted octanol–water partition coefficient (Wildman–Crippen LogP) is 3.10. The lowest BCUT2D eigenvalue weighted by molar-refractivity contribution is 0.0601. The first-order chi connectivity index (χ1) is 11.5. The molecule has 1 N–H and O–H groups in total. The average molecular weight is 347 g/mol. The highest BCUT2D eigenvalue weighted by Gasteiger charge is 2.27. The van der Waals surface area contributed by atoms with Crippen LogP contribution in [0, 0.1) is 6.92 Å². The number of carbonyl (C=O) groups excluding carboxylic acids is 2. The van der Waals surface area contributed by atoms with Crippen LogP contribution in [0.25, 0.3) is 0 Å². The van der Waals surface area contributed by atoms with Crippen molar-refractivity contribution in [3.05, 3.63) is 33.5 Å². The maximum Gasteiger partial charge on any atom is 0.341 e. The van der Waals surface area contributed by atoms with E-state index in [0.717, 1.165) is 31.2 Å². The quantitative estimate of drug-likeness (QED) is 0.684. The van der Waals surface area contributed by atoms with Crippen molar-refractivity contribution >= 4 is 28.2 Å². The molecule has 0 saturated carbocycles. The summed E-state index contributed by atoms with van der Waals surface area (Å²) in [5.41, 5.74) is 2.74. The first-order valence-electron chi connectivity index (χ1n) is 8.05. The lowest BCUT2D eigenvalue weighted by Crippen LogP contribution is -2.15. The Morgan fingerprint density at radius 3 is 2.71 bits per heavy atom. The minimum Gasteiger partial charge on any atom is -0.465 e. The topological polar surface area (TPSA) is 73.2 Å². The van der Waals surface area contributed by atoms with Gasteiger partial charge in [-0.15, -0.1) is 11.3 Å². The molecule has 1 aliphatic rings. The summed E-state index contributed by atoms with van der Waals surface area (Å²) in [5.74, 6) is -0.630. The van der Waals surface area contributed by atoms with Crippen molar-refractivity contribution in [1.82, 2.24) is 9.78 Å². The van der Waals surface area contributed by atoms with Gasteiger partial charge in [0.2, 0.25) is 0 Å². The Labute approximate surface area is 144 Å². The summed E-state index contributed by atoms with van der Waals surface area (Å²) in [5, 5.41) is 7.68. The zero-order valence-electron chi connectivity index (χ0n) is 14.1. The van der Waals surface area contributed by atoms with Gasteiger partial charge in [0.1, 0.15) is 5.00 Å². The van der Waals surface area contributed by atoms with Crippen LogP contribution in [0.4, 0.5) is 5.00 Å². The Kier molecular flexibility index (Phi) is 4.71. The minimum absolute atomic E-state index is 0.248. The fourth-order valence-electron chi connectivity index (χ4n) is 3.14. The van der Waals surface area contributed by atoms with E-state index in [-0.39, 0.29) is 11.9 Å². The van der Waals surface area contributed by atoms with Crippen molar-refractivity contribution in [2.75, 3.05) is 12.4 Å². The zero-order valence-corrected chi connectivity index (χ0v) is 15.0. The summed E-state index contributed by atoms with van der Waals surface area (Å²) in [6, 6.07) is 0. The van der Waals surface area contributed by atoms with E-state index in [1.54, 1.807) is 24.9 Å². The van der Waals surface area contributed by atoms with Gasteiger partial charge in [-0.25, -0.2) is 4.79 Å². The van der Waals surface area contributed by atoms with Gasteiger partial charge in [0, 0.05) is 18.1 Å². The number of thiophene rings is 1. The molecule has 2 aromatic heterocycles. The van der Waals surface area contributed by atoms with Crippen LogP contribution in [-0.4, -0.2) is 28.8 Å². The number of aryl methyl sites for hydroxylation is 3. The summed E-state index contributed by atoms with van der Waals surface area (Å²) in [6.45, 7) is 1.79. The van der Waals surface area contributed by atoms with E-state index >= 15 is 0 Å². The molecule has 3 rings (SSSR count). The minimum atomic E-state index is -0.382. The Bertz CT molecular complexity index is 791. The van der Waals surface area contributed by atoms with Gasteiger partial charge in [-0.05, 0) is 38.2 Å². The molecule has 0 atom stereocenters. The second kappa shape index (κ2) is 6.76. The predicted molar refractivity (Wildman–Crippen MR) is 92.8 cm³/mol. The third-order valence-corrected chi connectivity index (χ3v) is 5.50. The number of amides is 1. The summed E-state index contributed by atoms with van der Waals surface area (Å²) >= 11 is 1.49. The van der Waals surface area contributed by atoms with Gasteiger partial charge >= 0.3 is 5.97 Å². The number of fused-ring (bicyclic) bond motifs is 1. The number of ether oxygens (including phenoxy) is 1. The Morgan fingerprint density at radius 1 is 1.29 bits per heavy atom. The van der Waals surface area contributed by atoms with E-state index < -0.39 is 0 Å². The molecule has 1 amide bonds. The lowest BCUT2D eigenvalue weighted by atomic mass is 10.1. The highest BCUT2D eigenvalue weighted by atomic mass is 32.1. The number of aromatic nitrogens is 2. The van der Waals surface area contributed by atoms with Crippen molar-refractivity contribution in [3.8, 4) is 0 Å². The van der Waals surface area contributed by atoms with Crippen LogP contribution in [0.1, 0.15) is 56.1 Å². The molecule has 0 unspecified atom stereocenters. The molecule has 1 aliphatic carbocycles. The fourth-order valence-corrected chi connectivity index (χ4v) is 4.41. The monoisotopic (exact) mass is 347 g/mol. The standard InChI is InChI=1S/C17H21N3O3S/c1-10-12(9-20(2)19-10)15(21)18-16-14(17(22)23-3)11-7-5-4-6-8-13(11)24-16/h9H,4-8H2,1-3H3,(H,18,21). The Balaban J connectivity index is 1.96. The van der Waals surface area contributed by atoms with Crippen LogP contribution in [0.5, 0.6) is 0 Å². The van der Waals surface area contributed by atoms with Crippen molar-refractivity contribution in [3.63, 3.8) is 0 Å². The van der Waals surface area contributed by atoms with Crippen LogP contribution in [0.2, 0.25) is 0 Å². The van der Waals surface area contributed by atoms with Crippen molar-refractivity contribution < 1.29 is 14.3 Å². The molecule has 2 aromatic rings.